The molecule has 2 fully saturated rings. The van der Waals surface area contributed by atoms with Crippen molar-refractivity contribution in [1.29, 1.82) is 0 Å². The van der Waals surface area contributed by atoms with E-state index in [-0.39, 0.29) is 0 Å². The molecule has 1 saturated carbocycles. The molecule has 0 bridgehead atoms. The Bertz CT molecular complexity index is 254. The highest BCUT2D eigenvalue weighted by atomic mass is 15.2. The summed E-state index contributed by atoms with van der Waals surface area (Å²) in [5, 5.41) is 0. The Morgan fingerprint density at radius 1 is 1.00 bits per heavy atom. The molecule has 1 aliphatic carbocycles. The van der Waals surface area contributed by atoms with Crippen LogP contribution in [0.15, 0.2) is 0 Å². The molecule has 0 spiro atoms. The Morgan fingerprint density at radius 2 is 1.72 bits per heavy atom. The molecule has 0 amide bonds. The van der Waals surface area contributed by atoms with E-state index in [1.165, 1.54) is 38.8 Å². The van der Waals surface area contributed by atoms with Gasteiger partial charge in [-0.05, 0) is 62.8 Å². The van der Waals surface area contributed by atoms with E-state index in [1.807, 2.05) is 0 Å². The van der Waals surface area contributed by atoms with E-state index in [1.54, 1.807) is 0 Å². The summed E-state index contributed by atoms with van der Waals surface area (Å²) in [5.41, 5.74) is 6.42. The van der Waals surface area contributed by atoms with Crippen molar-refractivity contribution in [2.75, 3.05) is 13.1 Å². The molecular weight excluding hydrogens is 220 g/mol. The average Bonchev–Trinajstić information content (AvgIpc) is 2.25. The Kier molecular flexibility index (Phi) is 4.71. The Morgan fingerprint density at radius 3 is 2.33 bits per heavy atom. The second-order valence-electron chi connectivity index (χ2n) is 7.36. The summed E-state index contributed by atoms with van der Waals surface area (Å²) in [6, 6.07) is 1.18. The molecule has 2 N–H and O–H groups in total. The predicted octanol–water partition coefficient (Wildman–Crippen LogP) is 3.12. The number of hydrogen-bond acceptors (Lipinski definition) is 2. The fourth-order valence-electron chi connectivity index (χ4n) is 4.28. The Hall–Kier alpha value is -0.0800. The lowest BCUT2D eigenvalue weighted by atomic mass is 9.72. The third kappa shape index (κ3) is 3.27. The zero-order valence-electron chi connectivity index (χ0n) is 12.7. The topological polar surface area (TPSA) is 29.3 Å². The number of piperidine rings is 1. The minimum atomic E-state index is 0.426. The van der Waals surface area contributed by atoms with Gasteiger partial charge in [0.2, 0.25) is 0 Å². The van der Waals surface area contributed by atoms with Crippen LogP contribution in [0.3, 0.4) is 0 Å². The molecule has 2 heteroatoms. The zero-order valence-corrected chi connectivity index (χ0v) is 12.7. The molecule has 1 heterocycles. The van der Waals surface area contributed by atoms with Crippen LogP contribution in [0.5, 0.6) is 0 Å². The number of nitrogens with zero attached hydrogens (tertiary/aromatic N) is 1. The van der Waals surface area contributed by atoms with Gasteiger partial charge >= 0.3 is 0 Å². The summed E-state index contributed by atoms with van der Waals surface area (Å²) in [6.07, 6.45) is 5.34. The van der Waals surface area contributed by atoms with Crippen molar-refractivity contribution >= 4 is 0 Å². The maximum Gasteiger partial charge on any atom is 0.00844 e. The molecule has 18 heavy (non-hydrogen) atoms. The van der Waals surface area contributed by atoms with Gasteiger partial charge in [-0.1, -0.05) is 20.8 Å². The summed E-state index contributed by atoms with van der Waals surface area (Å²) in [6.45, 7) is 12.1. The van der Waals surface area contributed by atoms with Gasteiger partial charge in [0.25, 0.3) is 0 Å². The van der Waals surface area contributed by atoms with Crippen LogP contribution in [-0.4, -0.2) is 30.1 Å². The lowest BCUT2D eigenvalue weighted by Crippen LogP contribution is -2.50. The van der Waals surface area contributed by atoms with Crippen molar-refractivity contribution in [2.45, 2.75) is 65.5 Å². The maximum atomic E-state index is 6.42. The van der Waals surface area contributed by atoms with Crippen molar-refractivity contribution in [1.82, 2.24) is 4.90 Å². The monoisotopic (exact) mass is 252 g/mol. The number of likely N-dealkylation sites (tertiary alicyclic amines) is 1. The number of nitrogens with two attached hydrogens (primary N) is 1. The standard InChI is InChI=1S/C16H32N2/c1-11-5-6-18(14(4)8-11)10-15-13(3)7-12(2)9-16(15)17/h11-16H,5-10,17H2,1-4H3. The molecule has 106 valence electrons. The third-order valence-corrected chi connectivity index (χ3v) is 5.45. The van der Waals surface area contributed by atoms with Gasteiger partial charge in [0.15, 0.2) is 0 Å². The average molecular weight is 252 g/mol. The van der Waals surface area contributed by atoms with E-state index in [9.17, 15) is 0 Å². The first kappa shape index (κ1) is 14.3. The predicted molar refractivity (Wildman–Crippen MR) is 78.5 cm³/mol. The smallest absolute Gasteiger partial charge is 0.00844 e. The molecular formula is C16H32N2. The van der Waals surface area contributed by atoms with E-state index >= 15 is 0 Å². The highest BCUT2D eigenvalue weighted by molar-refractivity contribution is 4.89. The van der Waals surface area contributed by atoms with Crippen LogP contribution in [0.1, 0.15) is 53.4 Å². The molecule has 6 unspecified atom stereocenters. The van der Waals surface area contributed by atoms with Crippen LogP contribution >= 0.6 is 0 Å². The number of rotatable bonds is 2. The molecule has 2 nitrogen and oxygen atoms in total. The highest BCUT2D eigenvalue weighted by Gasteiger charge is 2.34. The largest absolute Gasteiger partial charge is 0.327 e. The van der Waals surface area contributed by atoms with Crippen molar-refractivity contribution in [2.24, 2.45) is 29.4 Å². The van der Waals surface area contributed by atoms with Crippen LogP contribution in [-0.2, 0) is 0 Å². The van der Waals surface area contributed by atoms with Gasteiger partial charge in [-0.3, -0.25) is 0 Å². The van der Waals surface area contributed by atoms with E-state index in [0.29, 0.717) is 6.04 Å². The first-order valence-corrected chi connectivity index (χ1v) is 7.97. The maximum absolute atomic E-state index is 6.42. The summed E-state index contributed by atoms with van der Waals surface area (Å²) in [7, 11) is 0. The summed E-state index contributed by atoms with van der Waals surface area (Å²) in [4.78, 5) is 2.71. The van der Waals surface area contributed by atoms with Gasteiger partial charge in [0.05, 0.1) is 0 Å². The lowest BCUT2D eigenvalue weighted by molar-refractivity contribution is 0.0655. The van der Waals surface area contributed by atoms with Gasteiger partial charge in [0.1, 0.15) is 0 Å². The molecule has 2 rings (SSSR count). The quantitative estimate of drug-likeness (QED) is 0.818. The van der Waals surface area contributed by atoms with Crippen molar-refractivity contribution in [3.63, 3.8) is 0 Å². The molecule has 6 atom stereocenters. The van der Waals surface area contributed by atoms with Gasteiger partial charge < -0.3 is 10.6 Å². The molecule has 1 aliphatic heterocycles. The minimum Gasteiger partial charge on any atom is -0.327 e. The van der Waals surface area contributed by atoms with Crippen molar-refractivity contribution in [3.05, 3.63) is 0 Å². The number of hydrogen-bond donors (Lipinski definition) is 1. The third-order valence-electron chi connectivity index (χ3n) is 5.45. The Balaban J connectivity index is 1.92. The fraction of sp³-hybridized carbons (Fsp3) is 1.00. The van der Waals surface area contributed by atoms with Crippen LogP contribution in [0.2, 0.25) is 0 Å². The summed E-state index contributed by atoms with van der Waals surface area (Å²) < 4.78 is 0. The van der Waals surface area contributed by atoms with Crippen molar-refractivity contribution in [3.8, 4) is 0 Å². The second-order valence-corrected chi connectivity index (χ2v) is 7.36. The molecule has 2 aliphatic rings. The molecule has 0 aromatic heterocycles. The molecule has 1 saturated heterocycles. The van der Waals surface area contributed by atoms with Crippen molar-refractivity contribution < 1.29 is 0 Å². The summed E-state index contributed by atoms with van der Waals surface area (Å²) >= 11 is 0. The van der Waals surface area contributed by atoms with Gasteiger partial charge in [-0.15, -0.1) is 0 Å². The van der Waals surface area contributed by atoms with Crippen LogP contribution < -0.4 is 5.73 Å². The van der Waals surface area contributed by atoms with Crippen LogP contribution in [0, 0.1) is 23.7 Å². The van der Waals surface area contributed by atoms with E-state index in [4.69, 9.17) is 5.73 Å². The normalized spacial score (nSPS) is 47.2. The van der Waals surface area contributed by atoms with Gasteiger partial charge in [-0.2, -0.15) is 0 Å². The van der Waals surface area contributed by atoms with Crippen LogP contribution in [0.4, 0.5) is 0 Å². The molecule has 0 aromatic carbocycles. The fourth-order valence-corrected chi connectivity index (χ4v) is 4.28. The molecule has 0 aromatic rings. The lowest BCUT2D eigenvalue weighted by Gasteiger charge is -2.44. The van der Waals surface area contributed by atoms with Gasteiger partial charge in [-0.25, -0.2) is 0 Å². The molecule has 0 radical (unpaired) electrons. The van der Waals surface area contributed by atoms with Crippen LogP contribution in [0.25, 0.3) is 0 Å². The zero-order chi connectivity index (χ0) is 13.3. The second kappa shape index (κ2) is 5.92. The van der Waals surface area contributed by atoms with E-state index in [0.717, 1.165) is 29.7 Å². The SMILES string of the molecule is CC1CC(C)C(CN2CCC(C)CC2C)C(N)C1. The first-order valence-electron chi connectivity index (χ1n) is 7.97. The summed E-state index contributed by atoms with van der Waals surface area (Å²) in [5.74, 6) is 3.26. The minimum absolute atomic E-state index is 0.426. The highest BCUT2D eigenvalue weighted by Crippen LogP contribution is 2.34. The van der Waals surface area contributed by atoms with E-state index in [2.05, 4.69) is 32.6 Å². The van der Waals surface area contributed by atoms with Gasteiger partial charge in [0, 0.05) is 18.6 Å². The Labute approximate surface area is 113 Å². The first-order chi connectivity index (χ1) is 8.47. The van der Waals surface area contributed by atoms with E-state index < -0.39 is 0 Å².